The van der Waals surface area contributed by atoms with Crippen LogP contribution in [0.2, 0.25) is 0 Å². The maximum atomic E-state index is 11.6. The molecule has 1 aliphatic rings. The van der Waals surface area contributed by atoms with Gasteiger partial charge in [0.05, 0.1) is 5.69 Å². The van der Waals surface area contributed by atoms with Gasteiger partial charge in [0, 0.05) is 16.5 Å². The van der Waals surface area contributed by atoms with Gasteiger partial charge >= 0.3 is 5.97 Å². The number of aryl methyl sites for hydroxylation is 2. The van der Waals surface area contributed by atoms with Crippen LogP contribution in [-0.4, -0.2) is 20.5 Å². The molecule has 0 radical (unpaired) electrons. The molecule has 2 aromatic heterocycles. The minimum atomic E-state index is -0.856. The van der Waals surface area contributed by atoms with Gasteiger partial charge in [0.2, 0.25) is 0 Å². The van der Waals surface area contributed by atoms with Crippen molar-refractivity contribution >= 4 is 22.3 Å². The lowest BCUT2D eigenvalue weighted by molar-refractivity contribution is 0.0687. The van der Waals surface area contributed by atoms with E-state index in [4.69, 9.17) is 0 Å². The Labute approximate surface area is 109 Å². The minimum Gasteiger partial charge on any atom is -0.477 e. The highest BCUT2D eigenvalue weighted by Crippen LogP contribution is 2.35. The van der Waals surface area contributed by atoms with Crippen molar-refractivity contribution in [2.24, 2.45) is 0 Å². The average Bonchev–Trinajstić information content (AvgIpc) is 2.96. The number of rotatable bonds is 3. The lowest BCUT2D eigenvalue weighted by Crippen LogP contribution is -2.08. The second kappa shape index (κ2) is 4.09. The average molecular weight is 264 g/mol. The van der Waals surface area contributed by atoms with Crippen molar-refractivity contribution in [2.45, 2.75) is 45.4 Å². The van der Waals surface area contributed by atoms with Gasteiger partial charge in [-0.05, 0) is 25.7 Å². The van der Waals surface area contributed by atoms with Gasteiger partial charge in [-0.3, -0.25) is 4.40 Å². The zero-order valence-electron chi connectivity index (χ0n) is 10.6. The van der Waals surface area contributed by atoms with E-state index in [0.717, 1.165) is 36.3 Å². The van der Waals surface area contributed by atoms with Crippen LogP contribution in [0.25, 0.3) is 4.96 Å². The van der Waals surface area contributed by atoms with Crippen molar-refractivity contribution in [3.05, 3.63) is 22.0 Å². The van der Waals surface area contributed by atoms with E-state index in [-0.39, 0.29) is 5.92 Å². The third-order valence-electron chi connectivity index (χ3n) is 3.78. The smallest absolute Gasteiger partial charge is 0.354 e. The van der Waals surface area contributed by atoms with E-state index >= 15 is 0 Å². The summed E-state index contributed by atoms with van der Waals surface area (Å²) in [5.74, 6) is -0.662. The standard InChI is InChI=1S/C13H16N2O2S/c1-3-7(2)10-11(12(16)17)15-8-5-4-6-9(8)18-13(15)14-10/h7H,3-6H2,1-2H3,(H,16,17). The van der Waals surface area contributed by atoms with Crippen molar-refractivity contribution in [3.8, 4) is 0 Å². The Bertz CT molecular complexity index is 626. The molecule has 0 amide bonds. The van der Waals surface area contributed by atoms with E-state index in [1.54, 1.807) is 11.3 Å². The van der Waals surface area contributed by atoms with Gasteiger partial charge in [-0.2, -0.15) is 0 Å². The highest BCUT2D eigenvalue weighted by Gasteiger charge is 2.28. The fraction of sp³-hybridized carbons (Fsp3) is 0.538. The largest absolute Gasteiger partial charge is 0.477 e. The summed E-state index contributed by atoms with van der Waals surface area (Å²) < 4.78 is 1.89. The van der Waals surface area contributed by atoms with E-state index in [0.29, 0.717) is 5.69 Å². The fourth-order valence-corrected chi connectivity index (χ4v) is 3.85. The Hall–Kier alpha value is -1.36. The number of fused-ring (bicyclic) bond motifs is 3. The van der Waals surface area contributed by atoms with Gasteiger partial charge in [-0.25, -0.2) is 9.78 Å². The van der Waals surface area contributed by atoms with E-state index in [1.165, 1.54) is 10.6 Å². The zero-order valence-corrected chi connectivity index (χ0v) is 11.4. The quantitative estimate of drug-likeness (QED) is 0.926. The van der Waals surface area contributed by atoms with Gasteiger partial charge in [0.25, 0.3) is 0 Å². The maximum Gasteiger partial charge on any atom is 0.354 e. The van der Waals surface area contributed by atoms with Crippen LogP contribution in [0, 0.1) is 0 Å². The number of hydrogen-bond acceptors (Lipinski definition) is 3. The molecular weight excluding hydrogens is 248 g/mol. The Balaban J connectivity index is 2.29. The van der Waals surface area contributed by atoms with E-state index in [2.05, 4.69) is 11.9 Å². The minimum absolute atomic E-state index is 0.195. The number of thiazole rings is 1. The molecular formula is C13H16N2O2S. The third kappa shape index (κ3) is 1.50. The Morgan fingerprint density at radius 3 is 3.00 bits per heavy atom. The molecule has 0 bridgehead atoms. The van der Waals surface area contributed by atoms with Crippen LogP contribution in [0.1, 0.15) is 59.4 Å². The summed E-state index contributed by atoms with van der Waals surface area (Å²) in [7, 11) is 0. The van der Waals surface area contributed by atoms with Gasteiger partial charge in [-0.1, -0.05) is 13.8 Å². The SMILES string of the molecule is CCC(C)c1nc2sc3c(n2c1C(=O)O)CCC3. The Kier molecular flexibility index (Phi) is 2.66. The predicted octanol–water partition coefficient (Wildman–Crippen LogP) is 3.10. The first kappa shape index (κ1) is 11.7. The highest BCUT2D eigenvalue weighted by molar-refractivity contribution is 7.17. The predicted molar refractivity (Wildman–Crippen MR) is 70.8 cm³/mol. The number of aromatic nitrogens is 2. The second-order valence-electron chi connectivity index (χ2n) is 4.90. The molecule has 1 aliphatic carbocycles. The fourth-order valence-electron chi connectivity index (χ4n) is 2.63. The molecule has 0 saturated carbocycles. The van der Waals surface area contributed by atoms with Crippen LogP contribution in [0.5, 0.6) is 0 Å². The van der Waals surface area contributed by atoms with Gasteiger partial charge in [0.1, 0.15) is 0 Å². The Morgan fingerprint density at radius 2 is 2.33 bits per heavy atom. The molecule has 1 atom stereocenters. The lowest BCUT2D eigenvalue weighted by Gasteiger charge is -2.06. The normalized spacial score (nSPS) is 16.1. The molecule has 18 heavy (non-hydrogen) atoms. The van der Waals surface area contributed by atoms with Crippen molar-refractivity contribution in [3.63, 3.8) is 0 Å². The van der Waals surface area contributed by atoms with Gasteiger partial charge < -0.3 is 5.11 Å². The summed E-state index contributed by atoms with van der Waals surface area (Å²) in [5.41, 5.74) is 2.30. The topological polar surface area (TPSA) is 54.6 Å². The number of imidazole rings is 1. The molecule has 2 aromatic rings. The molecule has 4 nitrogen and oxygen atoms in total. The molecule has 0 fully saturated rings. The monoisotopic (exact) mass is 264 g/mol. The summed E-state index contributed by atoms with van der Waals surface area (Å²) in [6, 6.07) is 0. The molecule has 3 rings (SSSR count). The molecule has 1 unspecified atom stereocenters. The van der Waals surface area contributed by atoms with Gasteiger partial charge in [0.15, 0.2) is 10.7 Å². The summed E-state index contributed by atoms with van der Waals surface area (Å²) in [6.45, 7) is 4.10. The van der Waals surface area contributed by atoms with Crippen molar-refractivity contribution in [1.29, 1.82) is 0 Å². The molecule has 5 heteroatoms. The number of aromatic carboxylic acids is 1. The van der Waals surface area contributed by atoms with Crippen LogP contribution in [0.3, 0.4) is 0 Å². The third-order valence-corrected chi connectivity index (χ3v) is 4.92. The van der Waals surface area contributed by atoms with Crippen molar-refractivity contribution < 1.29 is 9.90 Å². The van der Waals surface area contributed by atoms with Crippen LogP contribution in [0.4, 0.5) is 0 Å². The van der Waals surface area contributed by atoms with Crippen molar-refractivity contribution in [2.75, 3.05) is 0 Å². The molecule has 96 valence electrons. The number of carboxylic acid groups (broad SMARTS) is 1. The Morgan fingerprint density at radius 1 is 1.56 bits per heavy atom. The van der Waals surface area contributed by atoms with Crippen LogP contribution in [0.15, 0.2) is 0 Å². The second-order valence-corrected chi connectivity index (χ2v) is 5.97. The first-order valence-corrected chi connectivity index (χ1v) is 7.21. The van der Waals surface area contributed by atoms with E-state index in [1.807, 2.05) is 11.3 Å². The number of carbonyl (C=O) groups is 1. The lowest BCUT2D eigenvalue weighted by atomic mass is 10.0. The molecule has 0 saturated heterocycles. The number of hydrogen-bond donors (Lipinski definition) is 1. The van der Waals surface area contributed by atoms with E-state index < -0.39 is 5.97 Å². The van der Waals surface area contributed by atoms with Crippen LogP contribution < -0.4 is 0 Å². The molecule has 0 aromatic carbocycles. The van der Waals surface area contributed by atoms with Crippen LogP contribution in [-0.2, 0) is 12.8 Å². The first-order chi connectivity index (χ1) is 8.63. The molecule has 1 N–H and O–H groups in total. The zero-order chi connectivity index (χ0) is 12.9. The summed E-state index contributed by atoms with van der Waals surface area (Å²) in [5, 5.41) is 9.49. The number of nitrogens with zero attached hydrogens (tertiary/aromatic N) is 2. The molecule has 2 heterocycles. The highest BCUT2D eigenvalue weighted by atomic mass is 32.1. The summed E-state index contributed by atoms with van der Waals surface area (Å²) in [6.07, 6.45) is 4.09. The first-order valence-electron chi connectivity index (χ1n) is 6.39. The maximum absolute atomic E-state index is 11.6. The van der Waals surface area contributed by atoms with Gasteiger partial charge in [-0.15, -0.1) is 11.3 Å². The number of carboxylic acids is 1. The van der Waals surface area contributed by atoms with Crippen LogP contribution >= 0.6 is 11.3 Å². The van der Waals surface area contributed by atoms with E-state index in [9.17, 15) is 9.90 Å². The molecule has 0 aliphatic heterocycles. The summed E-state index contributed by atoms with van der Waals surface area (Å²) in [4.78, 5) is 18.3. The van der Waals surface area contributed by atoms with Crippen molar-refractivity contribution in [1.82, 2.24) is 9.38 Å². The molecule has 0 spiro atoms. The summed E-state index contributed by atoms with van der Waals surface area (Å²) >= 11 is 1.66.